The molecule has 0 saturated heterocycles. The molecule has 140 valence electrons. The van der Waals surface area contributed by atoms with Gasteiger partial charge < -0.3 is 10.1 Å². The molecule has 0 spiro atoms. The van der Waals surface area contributed by atoms with Crippen molar-refractivity contribution in [2.45, 2.75) is 13.8 Å². The predicted molar refractivity (Wildman–Crippen MR) is 103 cm³/mol. The zero-order chi connectivity index (χ0) is 19.3. The molecule has 2 rings (SSSR count). The summed E-state index contributed by atoms with van der Waals surface area (Å²) in [7, 11) is -1.94. The van der Waals surface area contributed by atoms with Crippen LogP contribution < -0.4 is 14.4 Å². The lowest BCUT2D eigenvalue weighted by atomic mass is 10.1. The summed E-state index contributed by atoms with van der Waals surface area (Å²) in [4.78, 5) is 12.3. The number of carbonyl (C=O) groups is 1. The Morgan fingerprint density at radius 3 is 2.54 bits per heavy atom. The smallest absolute Gasteiger partial charge is 0.251 e. The number of benzene rings is 2. The number of nitrogens with zero attached hydrogens (tertiary/aromatic N) is 1. The minimum absolute atomic E-state index is 0.152. The van der Waals surface area contributed by atoms with Gasteiger partial charge in [0.25, 0.3) is 5.91 Å². The van der Waals surface area contributed by atoms with E-state index in [0.717, 1.165) is 11.1 Å². The van der Waals surface area contributed by atoms with Gasteiger partial charge in [-0.25, -0.2) is 8.42 Å². The van der Waals surface area contributed by atoms with Crippen molar-refractivity contribution < 1.29 is 17.9 Å². The molecular formula is C19H24N2O4S. The lowest BCUT2D eigenvalue weighted by Gasteiger charge is -2.24. The molecule has 0 aliphatic carbocycles. The van der Waals surface area contributed by atoms with Gasteiger partial charge in [-0.3, -0.25) is 9.10 Å². The van der Waals surface area contributed by atoms with Gasteiger partial charge in [-0.15, -0.1) is 0 Å². The number of rotatable bonds is 7. The molecule has 0 fully saturated rings. The number of hydrogen-bond donors (Lipinski definition) is 1. The topological polar surface area (TPSA) is 75.7 Å². The first-order chi connectivity index (χ1) is 12.2. The number of ether oxygens (including phenoxy) is 1. The molecule has 1 N–H and O–H groups in total. The minimum Gasteiger partial charge on any atom is -0.497 e. The molecule has 0 aliphatic rings. The molecule has 0 aromatic heterocycles. The molecule has 26 heavy (non-hydrogen) atoms. The first-order valence-corrected chi connectivity index (χ1v) is 10.0. The van der Waals surface area contributed by atoms with Crippen molar-refractivity contribution in [3.8, 4) is 5.75 Å². The molecule has 2 aromatic carbocycles. The monoisotopic (exact) mass is 376 g/mol. The van der Waals surface area contributed by atoms with E-state index < -0.39 is 10.0 Å². The molecule has 0 saturated carbocycles. The summed E-state index contributed by atoms with van der Waals surface area (Å²) >= 11 is 0. The Bertz CT molecular complexity index is 894. The van der Waals surface area contributed by atoms with Crippen molar-refractivity contribution in [3.05, 3.63) is 59.2 Å². The van der Waals surface area contributed by atoms with Crippen LogP contribution in [-0.4, -0.2) is 40.8 Å². The Labute approximate surface area is 154 Å². The molecule has 0 radical (unpaired) electrons. The Morgan fingerprint density at radius 2 is 1.88 bits per heavy atom. The van der Waals surface area contributed by atoms with Crippen LogP contribution in [0.4, 0.5) is 5.69 Å². The van der Waals surface area contributed by atoms with Gasteiger partial charge in [0, 0.05) is 12.1 Å². The summed E-state index contributed by atoms with van der Waals surface area (Å²) < 4.78 is 30.9. The van der Waals surface area contributed by atoms with E-state index in [0.29, 0.717) is 17.0 Å². The molecule has 0 aliphatic heterocycles. The average Bonchev–Trinajstić information content (AvgIpc) is 2.60. The number of methoxy groups -OCH3 is 1. The summed E-state index contributed by atoms with van der Waals surface area (Å²) in [5.74, 6) is 0.309. The Kier molecular flexibility index (Phi) is 6.26. The molecule has 0 bridgehead atoms. The SMILES string of the molecule is COc1cccc(C(=O)NCCN(c2cc(C)ccc2C)S(C)(=O)=O)c1. The number of aryl methyl sites for hydroxylation is 2. The molecule has 7 heteroatoms. The van der Waals surface area contributed by atoms with E-state index in [-0.39, 0.29) is 19.0 Å². The lowest BCUT2D eigenvalue weighted by molar-refractivity contribution is 0.0954. The van der Waals surface area contributed by atoms with Gasteiger partial charge in [-0.2, -0.15) is 0 Å². The standard InChI is InChI=1S/C19H24N2O4S/c1-14-8-9-15(2)18(12-14)21(26(4,23)24)11-10-20-19(22)16-6-5-7-17(13-16)25-3/h5-9,12-13H,10-11H2,1-4H3,(H,20,22). The number of nitrogens with one attached hydrogen (secondary N) is 1. The van der Waals surface area contributed by atoms with Crippen molar-refractivity contribution in [2.75, 3.05) is 30.8 Å². The van der Waals surface area contributed by atoms with Crippen LogP contribution in [0.2, 0.25) is 0 Å². The van der Waals surface area contributed by atoms with Crippen molar-refractivity contribution in [1.29, 1.82) is 0 Å². The summed E-state index contributed by atoms with van der Waals surface area (Å²) in [6, 6.07) is 12.4. The maximum Gasteiger partial charge on any atom is 0.251 e. The zero-order valence-electron chi connectivity index (χ0n) is 15.4. The molecule has 6 nitrogen and oxygen atoms in total. The lowest BCUT2D eigenvalue weighted by Crippen LogP contribution is -2.38. The number of hydrogen-bond acceptors (Lipinski definition) is 4. The van der Waals surface area contributed by atoms with Gasteiger partial charge in [-0.05, 0) is 49.2 Å². The largest absolute Gasteiger partial charge is 0.497 e. The van der Waals surface area contributed by atoms with Crippen LogP contribution in [0.15, 0.2) is 42.5 Å². The van der Waals surface area contributed by atoms with Gasteiger partial charge in [-0.1, -0.05) is 18.2 Å². The zero-order valence-corrected chi connectivity index (χ0v) is 16.3. The number of anilines is 1. The molecule has 1 amide bonds. The molecular weight excluding hydrogens is 352 g/mol. The second kappa shape index (κ2) is 8.23. The molecule has 2 aromatic rings. The summed E-state index contributed by atoms with van der Waals surface area (Å²) in [6.07, 6.45) is 1.17. The van der Waals surface area contributed by atoms with Crippen molar-refractivity contribution in [1.82, 2.24) is 5.32 Å². The first kappa shape index (κ1) is 19.8. The van der Waals surface area contributed by atoms with E-state index in [2.05, 4.69) is 5.32 Å². The Balaban J connectivity index is 2.11. The highest BCUT2D eigenvalue weighted by molar-refractivity contribution is 7.92. The van der Waals surface area contributed by atoms with Crippen LogP contribution in [0.3, 0.4) is 0 Å². The first-order valence-electron chi connectivity index (χ1n) is 8.19. The highest BCUT2D eigenvalue weighted by atomic mass is 32.2. The van der Waals surface area contributed by atoms with Crippen LogP contribution in [-0.2, 0) is 10.0 Å². The van der Waals surface area contributed by atoms with E-state index in [1.807, 2.05) is 32.0 Å². The highest BCUT2D eigenvalue weighted by Crippen LogP contribution is 2.23. The Morgan fingerprint density at radius 1 is 1.15 bits per heavy atom. The van der Waals surface area contributed by atoms with Crippen LogP contribution in [0.25, 0.3) is 0 Å². The van der Waals surface area contributed by atoms with Crippen LogP contribution >= 0.6 is 0 Å². The molecule has 0 unspecified atom stereocenters. The summed E-state index contributed by atoms with van der Waals surface area (Å²) in [5.41, 5.74) is 2.92. The van der Waals surface area contributed by atoms with Gasteiger partial charge in [0.15, 0.2) is 0 Å². The number of amides is 1. The Hall–Kier alpha value is -2.54. The van der Waals surface area contributed by atoms with Gasteiger partial charge in [0.1, 0.15) is 5.75 Å². The van der Waals surface area contributed by atoms with E-state index in [4.69, 9.17) is 4.74 Å². The second-order valence-corrected chi connectivity index (χ2v) is 8.02. The normalized spacial score (nSPS) is 11.1. The summed E-state index contributed by atoms with van der Waals surface area (Å²) in [5, 5.41) is 2.76. The van der Waals surface area contributed by atoms with Crippen molar-refractivity contribution >= 4 is 21.6 Å². The van der Waals surface area contributed by atoms with E-state index in [9.17, 15) is 13.2 Å². The fourth-order valence-electron chi connectivity index (χ4n) is 2.59. The average molecular weight is 376 g/mol. The van der Waals surface area contributed by atoms with Gasteiger partial charge >= 0.3 is 0 Å². The third-order valence-corrected chi connectivity index (χ3v) is 5.15. The third-order valence-electron chi connectivity index (χ3n) is 3.97. The fraction of sp³-hybridized carbons (Fsp3) is 0.316. The van der Waals surface area contributed by atoms with E-state index in [1.165, 1.54) is 17.7 Å². The van der Waals surface area contributed by atoms with E-state index >= 15 is 0 Å². The number of carbonyl (C=O) groups excluding carboxylic acids is 1. The van der Waals surface area contributed by atoms with E-state index in [1.54, 1.807) is 24.3 Å². The molecule has 0 atom stereocenters. The van der Waals surface area contributed by atoms with Gasteiger partial charge in [0.2, 0.25) is 10.0 Å². The highest BCUT2D eigenvalue weighted by Gasteiger charge is 2.19. The van der Waals surface area contributed by atoms with Crippen molar-refractivity contribution in [2.24, 2.45) is 0 Å². The third kappa shape index (κ3) is 4.98. The van der Waals surface area contributed by atoms with Crippen LogP contribution in [0, 0.1) is 13.8 Å². The summed E-state index contributed by atoms with van der Waals surface area (Å²) in [6.45, 7) is 4.12. The maximum absolute atomic E-state index is 12.3. The van der Waals surface area contributed by atoms with Gasteiger partial charge in [0.05, 0.1) is 25.6 Å². The maximum atomic E-state index is 12.3. The van der Waals surface area contributed by atoms with Crippen molar-refractivity contribution in [3.63, 3.8) is 0 Å². The quantitative estimate of drug-likeness (QED) is 0.806. The predicted octanol–water partition coefficient (Wildman–Crippen LogP) is 2.51. The minimum atomic E-state index is -3.47. The number of sulfonamides is 1. The molecule has 0 heterocycles. The van der Waals surface area contributed by atoms with Crippen LogP contribution in [0.5, 0.6) is 5.75 Å². The van der Waals surface area contributed by atoms with Crippen LogP contribution in [0.1, 0.15) is 21.5 Å². The fourth-order valence-corrected chi connectivity index (χ4v) is 3.57. The second-order valence-electron chi connectivity index (χ2n) is 6.11.